The molecule has 3 aromatic rings. The minimum Gasteiger partial charge on any atom is -0.483 e. The van der Waals surface area contributed by atoms with Crippen molar-refractivity contribution < 1.29 is 14.3 Å². The Morgan fingerprint density at radius 2 is 1.64 bits per heavy atom. The number of hydrogen-bond donors (Lipinski definition) is 1. The lowest BCUT2D eigenvalue weighted by Gasteiger charge is -2.32. The molecule has 0 fully saturated rings. The Hall–Kier alpha value is -2.54. The van der Waals surface area contributed by atoms with Gasteiger partial charge in [0.2, 0.25) is 5.91 Å². The Kier molecular flexibility index (Phi) is 10.7. The number of halogens is 3. The number of carbonyl (C=O) groups excluding carboxylic acids is 2. The van der Waals surface area contributed by atoms with Crippen LogP contribution >= 0.6 is 39.1 Å². The molecule has 0 heterocycles. The predicted molar refractivity (Wildman–Crippen MR) is 148 cm³/mol. The summed E-state index contributed by atoms with van der Waals surface area (Å²) in [6, 6.07) is 21.2. The van der Waals surface area contributed by atoms with Crippen molar-refractivity contribution in [2.45, 2.75) is 45.3 Å². The van der Waals surface area contributed by atoms with Crippen LogP contribution in [0.3, 0.4) is 0 Å². The van der Waals surface area contributed by atoms with Gasteiger partial charge in [0.15, 0.2) is 6.61 Å². The highest BCUT2D eigenvalue weighted by atomic mass is 79.9. The summed E-state index contributed by atoms with van der Waals surface area (Å²) < 4.78 is 6.47. The first-order chi connectivity index (χ1) is 17.3. The molecule has 0 aliphatic rings. The number of nitrogens with zero attached hydrogens (tertiary/aromatic N) is 1. The van der Waals surface area contributed by atoms with Crippen LogP contribution in [0.15, 0.2) is 77.3 Å². The van der Waals surface area contributed by atoms with Gasteiger partial charge in [0.05, 0.1) is 4.47 Å². The van der Waals surface area contributed by atoms with Crippen LogP contribution in [-0.4, -0.2) is 35.4 Å². The molecule has 190 valence electrons. The lowest BCUT2D eigenvalue weighted by Crippen LogP contribution is -2.53. The van der Waals surface area contributed by atoms with Gasteiger partial charge in [-0.15, -0.1) is 0 Å². The fourth-order valence-electron chi connectivity index (χ4n) is 3.60. The molecule has 0 saturated heterocycles. The summed E-state index contributed by atoms with van der Waals surface area (Å²) >= 11 is 15.5. The van der Waals surface area contributed by atoms with E-state index in [2.05, 4.69) is 21.2 Å². The van der Waals surface area contributed by atoms with Crippen LogP contribution in [0, 0.1) is 0 Å². The molecule has 8 heteroatoms. The first-order valence-electron chi connectivity index (χ1n) is 11.7. The monoisotopic (exact) mass is 590 g/mol. The molecule has 0 saturated carbocycles. The van der Waals surface area contributed by atoms with Gasteiger partial charge in [-0.1, -0.05) is 72.6 Å². The van der Waals surface area contributed by atoms with E-state index in [1.54, 1.807) is 35.2 Å². The fraction of sp³-hybridized carbons (Fsp3) is 0.286. The molecule has 0 bridgehead atoms. The second-order valence-corrected chi connectivity index (χ2v) is 10.3. The van der Waals surface area contributed by atoms with E-state index in [1.165, 1.54) is 0 Å². The second-order valence-electron chi connectivity index (χ2n) is 8.53. The molecular formula is C28H29BrCl2N2O3. The molecule has 3 aromatic carbocycles. The van der Waals surface area contributed by atoms with E-state index in [1.807, 2.05) is 56.3 Å². The maximum Gasteiger partial charge on any atom is 0.261 e. The summed E-state index contributed by atoms with van der Waals surface area (Å²) in [4.78, 5) is 28.7. The van der Waals surface area contributed by atoms with Crippen molar-refractivity contribution in [3.05, 3.63) is 98.4 Å². The molecule has 0 aliphatic carbocycles. The quantitative estimate of drug-likeness (QED) is 0.270. The highest BCUT2D eigenvalue weighted by molar-refractivity contribution is 9.10. The summed E-state index contributed by atoms with van der Waals surface area (Å²) in [5.41, 5.74) is 1.81. The van der Waals surface area contributed by atoms with Gasteiger partial charge in [-0.25, -0.2) is 0 Å². The van der Waals surface area contributed by atoms with Crippen LogP contribution in [0.25, 0.3) is 0 Å². The van der Waals surface area contributed by atoms with Gasteiger partial charge in [0.1, 0.15) is 11.8 Å². The zero-order valence-corrected chi connectivity index (χ0v) is 23.3. The molecule has 0 aliphatic heterocycles. The van der Waals surface area contributed by atoms with Crippen molar-refractivity contribution in [1.82, 2.24) is 10.2 Å². The number of amides is 2. The van der Waals surface area contributed by atoms with E-state index in [9.17, 15) is 9.59 Å². The molecule has 5 nitrogen and oxygen atoms in total. The number of benzene rings is 3. The Morgan fingerprint density at radius 3 is 2.28 bits per heavy atom. The SMILES string of the molecule is CC[C@@H](C)NC(=O)[C@H](Cc1ccccc1)N(Cc1ccc(Cl)cc1)C(=O)COc1ccc(Cl)cc1Br. The van der Waals surface area contributed by atoms with Crippen molar-refractivity contribution in [3.8, 4) is 5.75 Å². The summed E-state index contributed by atoms with van der Waals surface area (Å²) in [7, 11) is 0. The molecule has 36 heavy (non-hydrogen) atoms. The number of nitrogens with one attached hydrogen (secondary N) is 1. The minimum absolute atomic E-state index is 0.0236. The molecule has 2 atom stereocenters. The average Bonchev–Trinajstić information content (AvgIpc) is 2.87. The highest BCUT2D eigenvalue weighted by Crippen LogP contribution is 2.28. The Balaban J connectivity index is 1.91. The van der Waals surface area contributed by atoms with E-state index >= 15 is 0 Å². The van der Waals surface area contributed by atoms with Crippen LogP contribution in [-0.2, 0) is 22.6 Å². The molecular weight excluding hydrogens is 563 g/mol. The Morgan fingerprint density at radius 1 is 0.972 bits per heavy atom. The number of hydrogen-bond acceptors (Lipinski definition) is 3. The lowest BCUT2D eigenvalue weighted by atomic mass is 10.0. The van der Waals surface area contributed by atoms with Gasteiger partial charge in [-0.3, -0.25) is 9.59 Å². The van der Waals surface area contributed by atoms with Crippen molar-refractivity contribution in [2.24, 2.45) is 0 Å². The van der Waals surface area contributed by atoms with E-state index in [4.69, 9.17) is 27.9 Å². The smallest absolute Gasteiger partial charge is 0.261 e. The zero-order chi connectivity index (χ0) is 26.1. The summed E-state index contributed by atoms with van der Waals surface area (Å²) in [6.07, 6.45) is 1.15. The van der Waals surface area contributed by atoms with Gasteiger partial charge >= 0.3 is 0 Å². The maximum absolute atomic E-state index is 13.6. The van der Waals surface area contributed by atoms with Gasteiger partial charge in [-0.05, 0) is 70.7 Å². The number of ether oxygens (including phenoxy) is 1. The molecule has 0 aromatic heterocycles. The van der Waals surface area contributed by atoms with Gasteiger partial charge in [-0.2, -0.15) is 0 Å². The van der Waals surface area contributed by atoms with E-state index < -0.39 is 6.04 Å². The highest BCUT2D eigenvalue weighted by Gasteiger charge is 2.31. The molecule has 0 radical (unpaired) electrons. The average molecular weight is 592 g/mol. The van der Waals surface area contributed by atoms with Crippen LogP contribution in [0.5, 0.6) is 5.75 Å². The van der Waals surface area contributed by atoms with Crippen molar-refractivity contribution in [1.29, 1.82) is 0 Å². The summed E-state index contributed by atoms with van der Waals surface area (Å²) in [5.74, 6) is -0.0296. The van der Waals surface area contributed by atoms with Crippen LogP contribution in [0.2, 0.25) is 10.0 Å². The second kappa shape index (κ2) is 13.7. The number of rotatable bonds is 11. The molecule has 0 unspecified atom stereocenters. The normalized spacial score (nSPS) is 12.5. The number of carbonyl (C=O) groups is 2. The van der Waals surface area contributed by atoms with E-state index in [0.29, 0.717) is 26.7 Å². The van der Waals surface area contributed by atoms with Crippen molar-refractivity contribution in [2.75, 3.05) is 6.61 Å². The topological polar surface area (TPSA) is 58.6 Å². The van der Waals surface area contributed by atoms with Gasteiger partial charge < -0.3 is 15.0 Å². The standard InChI is InChI=1S/C28H29BrCl2N2O3/c1-3-19(2)32-28(35)25(15-20-7-5-4-6-8-20)33(17-21-9-11-22(30)12-10-21)27(34)18-36-26-14-13-23(31)16-24(26)29/h4-14,16,19,25H,3,15,17-18H2,1-2H3,(H,32,35)/t19-,25+/m1/s1. The largest absolute Gasteiger partial charge is 0.483 e. The first kappa shape index (κ1) is 28.0. The van der Waals surface area contributed by atoms with Gasteiger partial charge in [0.25, 0.3) is 5.91 Å². The van der Waals surface area contributed by atoms with Gasteiger partial charge in [0, 0.05) is 29.1 Å². The van der Waals surface area contributed by atoms with Crippen molar-refractivity contribution in [3.63, 3.8) is 0 Å². The fourth-order valence-corrected chi connectivity index (χ4v) is 4.52. The zero-order valence-electron chi connectivity index (χ0n) is 20.2. The van der Waals surface area contributed by atoms with E-state index in [0.717, 1.165) is 17.5 Å². The molecule has 3 rings (SSSR count). The van der Waals surface area contributed by atoms with Crippen LogP contribution in [0.4, 0.5) is 0 Å². The van der Waals surface area contributed by atoms with Crippen LogP contribution in [0.1, 0.15) is 31.4 Å². The predicted octanol–water partition coefficient (Wildman–Crippen LogP) is 6.69. The minimum atomic E-state index is -0.734. The van der Waals surface area contributed by atoms with Crippen molar-refractivity contribution >= 4 is 50.9 Å². The van der Waals surface area contributed by atoms with E-state index in [-0.39, 0.29) is 31.0 Å². The molecule has 0 spiro atoms. The third kappa shape index (κ3) is 8.26. The first-order valence-corrected chi connectivity index (χ1v) is 13.3. The summed E-state index contributed by atoms with van der Waals surface area (Å²) in [6.45, 7) is 3.94. The maximum atomic E-state index is 13.6. The Labute approximate surface area is 230 Å². The van der Waals surface area contributed by atoms with Crippen LogP contribution < -0.4 is 10.1 Å². The third-order valence-electron chi connectivity index (χ3n) is 5.78. The third-order valence-corrected chi connectivity index (χ3v) is 6.89. The Bertz CT molecular complexity index is 1160. The summed E-state index contributed by atoms with van der Waals surface area (Å²) in [5, 5.41) is 4.20. The lowest BCUT2D eigenvalue weighted by molar-refractivity contribution is -0.143. The molecule has 2 amide bonds. The molecule has 1 N–H and O–H groups in total.